The van der Waals surface area contributed by atoms with Gasteiger partial charge in [0.05, 0.1) is 0 Å². The van der Waals surface area contributed by atoms with E-state index in [0.29, 0.717) is 0 Å². The molecule has 0 atom stereocenters. The van der Waals surface area contributed by atoms with Gasteiger partial charge in [-0.2, -0.15) is 0 Å². The molecule has 0 unspecified atom stereocenters. The summed E-state index contributed by atoms with van der Waals surface area (Å²) in [4.78, 5) is 0. The Hall–Kier alpha value is -5.20. The van der Waals surface area contributed by atoms with Gasteiger partial charge >= 0.3 is 0 Å². The van der Waals surface area contributed by atoms with Gasteiger partial charge in [-0.25, -0.2) is 0 Å². The molecule has 0 amide bonds. The minimum absolute atomic E-state index is 1.24. The number of fused-ring (bicyclic) bond motifs is 7. The van der Waals surface area contributed by atoms with E-state index in [9.17, 15) is 0 Å². The lowest BCUT2D eigenvalue weighted by Crippen LogP contribution is -2.50. The van der Waals surface area contributed by atoms with Gasteiger partial charge in [0.1, 0.15) is 62.8 Å². The first-order chi connectivity index (χ1) is 25.2. The summed E-state index contributed by atoms with van der Waals surface area (Å²) in [6.45, 7) is 0. The van der Waals surface area contributed by atoms with Crippen LogP contribution in [-0.2, 0) is 0 Å². The lowest BCUT2D eigenvalue weighted by molar-refractivity contribution is 1.62. The van der Waals surface area contributed by atoms with Gasteiger partial charge < -0.3 is 0 Å². The molecule has 0 fully saturated rings. The van der Waals surface area contributed by atoms with Crippen molar-refractivity contribution in [2.75, 3.05) is 0 Å². The van der Waals surface area contributed by atoms with E-state index < -0.39 is 0 Å². The van der Waals surface area contributed by atoms with Crippen LogP contribution in [-0.4, -0.2) is 62.8 Å². The minimum Gasteiger partial charge on any atom is -0.101 e. The first-order valence-corrected chi connectivity index (χ1v) is 18.6. The predicted octanol–water partition coefficient (Wildman–Crippen LogP) is -1.48. The van der Waals surface area contributed by atoms with Gasteiger partial charge in [0, 0.05) is 0 Å². The second-order valence-corrected chi connectivity index (χ2v) is 15.0. The Morgan fingerprint density at radius 3 is 1.27 bits per heavy atom. The van der Waals surface area contributed by atoms with E-state index in [0.717, 1.165) is 0 Å². The molecule has 9 rings (SSSR count). The second kappa shape index (κ2) is 12.2. The maximum atomic E-state index is 2.50. The molecule has 0 saturated carbocycles. The lowest BCUT2D eigenvalue weighted by Gasteiger charge is -2.28. The fourth-order valence-corrected chi connectivity index (χ4v) is 9.23. The third kappa shape index (κ3) is 4.66. The Labute approximate surface area is 313 Å². The number of hydrogen-bond donors (Lipinski definition) is 0. The molecule has 0 N–H and O–H groups in total. The van der Waals surface area contributed by atoms with Crippen LogP contribution in [0, 0.1) is 0 Å². The Bertz CT molecular complexity index is 2890. The van der Waals surface area contributed by atoms with Crippen LogP contribution < -0.4 is 43.7 Å². The van der Waals surface area contributed by atoms with Crippen molar-refractivity contribution in [2.24, 2.45) is 0 Å². The molecule has 0 bridgehead atoms. The zero-order valence-electron chi connectivity index (χ0n) is 31.5. The number of benzene rings is 9. The van der Waals surface area contributed by atoms with Crippen molar-refractivity contribution >= 4 is 160 Å². The predicted molar refractivity (Wildman–Crippen MR) is 256 cm³/mol. The Morgan fingerprint density at radius 1 is 0.269 bits per heavy atom. The molecule has 52 heavy (non-hydrogen) atoms. The fraction of sp³-hybridized carbons (Fsp3) is 0. The van der Waals surface area contributed by atoms with Crippen LogP contribution in [0.25, 0.3) is 87.2 Å². The summed E-state index contributed by atoms with van der Waals surface area (Å²) in [7, 11) is 18.7. The average Bonchev–Trinajstić information content (AvgIpc) is 3.19. The fourth-order valence-electron chi connectivity index (χ4n) is 9.23. The molecule has 0 nitrogen and oxygen atoms in total. The molecule has 236 valence electrons. The zero-order valence-corrected chi connectivity index (χ0v) is 31.5. The van der Waals surface area contributed by atoms with Crippen molar-refractivity contribution in [3.63, 3.8) is 0 Å². The highest BCUT2D eigenvalue weighted by atomic mass is 14.3. The van der Waals surface area contributed by atoms with Gasteiger partial charge in [-0.3, -0.25) is 0 Å². The van der Waals surface area contributed by atoms with Crippen molar-refractivity contribution in [1.29, 1.82) is 0 Å². The van der Waals surface area contributed by atoms with Crippen LogP contribution in [0.3, 0.4) is 0 Å². The smallest absolute Gasteiger partial charge is 0.101 e. The molecule has 8 heteroatoms. The van der Waals surface area contributed by atoms with Crippen LogP contribution >= 0.6 is 0 Å². The lowest BCUT2D eigenvalue weighted by atomic mass is 9.59. The molecule has 0 saturated heterocycles. The summed E-state index contributed by atoms with van der Waals surface area (Å²) in [6, 6.07) is 45.1. The summed E-state index contributed by atoms with van der Waals surface area (Å²) >= 11 is 0. The highest BCUT2D eigenvalue weighted by Crippen LogP contribution is 2.45. The Balaban J connectivity index is 1.53. The minimum atomic E-state index is 1.24. The largest absolute Gasteiger partial charge is 0.139 e. The van der Waals surface area contributed by atoms with Crippen molar-refractivity contribution in [3.05, 3.63) is 121 Å². The first-order valence-electron chi connectivity index (χ1n) is 18.6. The Morgan fingerprint density at radius 2 is 0.692 bits per heavy atom. The molecular formula is C44H36B8. The van der Waals surface area contributed by atoms with Gasteiger partial charge in [0.25, 0.3) is 0 Å². The quantitative estimate of drug-likeness (QED) is 0.124. The molecule has 0 aliphatic rings. The van der Waals surface area contributed by atoms with E-state index in [1.807, 2.05) is 0 Å². The summed E-state index contributed by atoms with van der Waals surface area (Å²) in [6.07, 6.45) is 0. The maximum Gasteiger partial charge on any atom is 0.139 e. The van der Waals surface area contributed by atoms with Crippen molar-refractivity contribution in [1.82, 2.24) is 0 Å². The molecule has 0 aliphatic carbocycles. The van der Waals surface area contributed by atoms with Crippen LogP contribution in [0.2, 0.25) is 0 Å². The van der Waals surface area contributed by atoms with Gasteiger partial charge in [0.2, 0.25) is 0 Å². The van der Waals surface area contributed by atoms with Gasteiger partial charge in [0.15, 0.2) is 0 Å². The van der Waals surface area contributed by atoms with Crippen LogP contribution in [0.5, 0.6) is 0 Å². The van der Waals surface area contributed by atoms with Gasteiger partial charge in [-0.05, 0) is 93.3 Å². The van der Waals surface area contributed by atoms with Gasteiger partial charge in [-0.1, -0.05) is 137 Å². The van der Waals surface area contributed by atoms with Gasteiger partial charge in [-0.15, -0.1) is 21.9 Å². The first kappa shape index (κ1) is 32.7. The summed E-state index contributed by atoms with van der Waals surface area (Å²) in [5.41, 5.74) is 18.8. The summed E-state index contributed by atoms with van der Waals surface area (Å²) in [5.74, 6) is 0. The van der Waals surface area contributed by atoms with E-state index in [1.54, 1.807) is 0 Å². The number of rotatable bonds is 3. The van der Waals surface area contributed by atoms with Crippen LogP contribution in [0.4, 0.5) is 0 Å². The molecule has 0 spiro atoms. The normalized spacial score (nSPS) is 11.7. The van der Waals surface area contributed by atoms with Crippen LogP contribution in [0.1, 0.15) is 0 Å². The molecule has 0 radical (unpaired) electrons. The molecule has 0 heterocycles. The molecular weight excluding hydrogens is 615 g/mol. The molecule has 0 aromatic heterocycles. The Kier molecular flexibility index (Phi) is 7.67. The second-order valence-electron chi connectivity index (χ2n) is 15.0. The summed E-state index contributed by atoms with van der Waals surface area (Å²) in [5, 5.41) is 13.3. The SMILES string of the molecule is Bc1c(B)c(B)c2c(-c3cc4ccc5ccccc5c4c4ccccc34)c3c(B)c(B)c(B)c(B)c3c(-c3ccc(-c4ccccc4)cc3)c2c1B. The molecule has 9 aromatic rings. The topological polar surface area (TPSA) is 0 Å². The average molecular weight is 651 g/mol. The zero-order chi connectivity index (χ0) is 36.0. The maximum absolute atomic E-state index is 2.50. The van der Waals surface area contributed by atoms with E-state index in [4.69, 9.17) is 0 Å². The molecule has 9 aromatic carbocycles. The van der Waals surface area contributed by atoms with Crippen molar-refractivity contribution in [2.45, 2.75) is 0 Å². The highest BCUT2D eigenvalue weighted by Gasteiger charge is 2.26. The van der Waals surface area contributed by atoms with E-state index in [1.165, 1.54) is 131 Å². The van der Waals surface area contributed by atoms with E-state index in [-0.39, 0.29) is 0 Å². The number of hydrogen-bond acceptors (Lipinski definition) is 0. The third-order valence-electron chi connectivity index (χ3n) is 12.7. The van der Waals surface area contributed by atoms with Crippen molar-refractivity contribution < 1.29 is 0 Å². The van der Waals surface area contributed by atoms with E-state index in [2.05, 4.69) is 184 Å². The summed E-state index contributed by atoms with van der Waals surface area (Å²) < 4.78 is 0. The van der Waals surface area contributed by atoms with Crippen LogP contribution in [0.15, 0.2) is 121 Å². The molecule has 0 aliphatic heterocycles. The van der Waals surface area contributed by atoms with E-state index >= 15 is 0 Å². The highest BCUT2D eigenvalue weighted by molar-refractivity contribution is 6.71. The standard InChI is InChI=1S/C44H36B8/c45-37-33-31(24-17-14-22(15-18-24)21-8-2-1-3-9-21)34-36(40(48)44(52)42(50)38(34)46)32(35(33)39(47)43(51)41(37)49)29-20-25-19-16-23-10-4-5-11-26(23)30(25)28-13-7-6-12-27(28)29/h1-20H,45-52H2. The third-order valence-corrected chi connectivity index (χ3v) is 12.7. The van der Waals surface area contributed by atoms with Crippen molar-refractivity contribution in [3.8, 4) is 33.4 Å². The monoisotopic (exact) mass is 652 g/mol.